The number of carbonyl (C=O) groups excluding carboxylic acids is 2. The van der Waals surface area contributed by atoms with Gasteiger partial charge >= 0.3 is 5.97 Å². The maximum absolute atomic E-state index is 13.6. The van der Waals surface area contributed by atoms with Crippen LogP contribution in [0.5, 0.6) is 0 Å². The quantitative estimate of drug-likeness (QED) is 0.625. The third kappa shape index (κ3) is 4.31. The van der Waals surface area contributed by atoms with Crippen molar-refractivity contribution in [2.24, 2.45) is 5.92 Å². The molecule has 2 saturated carbocycles. The Morgan fingerprint density at radius 1 is 1.03 bits per heavy atom. The van der Waals surface area contributed by atoms with E-state index < -0.39 is 22.0 Å². The Morgan fingerprint density at radius 2 is 1.72 bits per heavy atom. The molecule has 2 aliphatic carbocycles. The average Bonchev–Trinajstić information content (AvgIpc) is 3.22. The minimum Gasteiger partial charge on any atom is -0.467 e. The van der Waals surface area contributed by atoms with Crippen LogP contribution in [0.1, 0.15) is 74.6 Å². The van der Waals surface area contributed by atoms with E-state index in [9.17, 15) is 18.0 Å². The molecule has 1 aromatic rings. The van der Waals surface area contributed by atoms with Gasteiger partial charge in [0.1, 0.15) is 6.04 Å². The Bertz CT molecular complexity index is 957. The Hall–Kier alpha value is -1.93. The molecule has 1 saturated heterocycles. The van der Waals surface area contributed by atoms with Crippen molar-refractivity contribution in [3.05, 3.63) is 29.8 Å². The normalized spacial score (nSPS) is 26.7. The first-order chi connectivity index (χ1) is 15.3. The first-order valence-electron chi connectivity index (χ1n) is 11.8. The van der Waals surface area contributed by atoms with Gasteiger partial charge in [-0.05, 0) is 56.2 Å². The Labute approximate surface area is 191 Å². The largest absolute Gasteiger partial charge is 0.467 e. The van der Waals surface area contributed by atoms with Crippen molar-refractivity contribution in [2.45, 2.75) is 87.2 Å². The molecule has 0 aromatic heterocycles. The molecule has 7 nitrogen and oxygen atoms in total. The van der Waals surface area contributed by atoms with Gasteiger partial charge in [0.15, 0.2) is 0 Å². The van der Waals surface area contributed by atoms with Gasteiger partial charge in [-0.3, -0.25) is 4.79 Å². The zero-order valence-corrected chi connectivity index (χ0v) is 19.9. The number of fused-ring (bicyclic) bond motifs is 1. The number of hydrogen-bond donors (Lipinski definition) is 0. The van der Waals surface area contributed by atoms with Gasteiger partial charge in [-0.15, -0.1) is 0 Å². The lowest BCUT2D eigenvalue weighted by Crippen LogP contribution is -2.46. The van der Waals surface area contributed by atoms with Crippen molar-refractivity contribution >= 4 is 21.9 Å². The molecular formula is C24H34N2O5S. The highest BCUT2D eigenvalue weighted by Gasteiger charge is 2.48. The van der Waals surface area contributed by atoms with Gasteiger partial charge in [-0.25, -0.2) is 13.2 Å². The van der Waals surface area contributed by atoms with Gasteiger partial charge < -0.3 is 9.64 Å². The number of likely N-dealkylation sites (tertiary alicyclic amines) is 1. The molecule has 0 N–H and O–H groups in total. The standard InChI is InChI=1S/C24H34N2O5S/c1-25(19-11-4-3-5-12-19)32(29,30)20-13-8-10-18(15-20)23(27)26-21-14-7-6-9-17(21)16-22(26)24(28)31-2/h8,10,13,15,17,19,21-22H,3-7,9,11-12,14,16H2,1-2H3. The van der Waals surface area contributed by atoms with Crippen LogP contribution in [0, 0.1) is 5.92 Å². The molecule has 1 heterocycles. The Balaban J connectivity index is 1.61. The van der Waals surface area contributed by atoms with Crippen LogP contribution < -0.4 is 0 Å². The molecule has 1 aromatic carbocycles. The molecule has 3 aliphatic rings. The number of rotatable bonds is 5. The zero-order valence-electron chi connectivity index (χ0n) is 19.0. The number of methoxy groups -OCH3 is 1. The number of hydrogen-bond acceptors (Lipinski definition) is 5. The fourth-order valence-corrected chi connectivity index (χ4v) is 7.31. The maximum Gasteiger partial charge on any atom is 0.328 e. The van der Waals surface area contributed by atoms with Gasteiger partial charge in [0.25, 0.3) is 5.91 Å². The summed E-state index contributed by atoms with van der Waals surface area (Å²) in [5, 5.41) is 0. The summed E-state index contributed by atoms with van der Waals surface area (Å²) in [7, 11) is -0.717. The SMILES string of the molecule is COC(=O)C1CC2CCCCC2N1C(=O)c1cccc(S(=O)(=O)N(C)C2CCCCC2)c1. The van der Waals surface area contributed by atoms with Crippen LogP contribution >= 0.6 is 0 Å². The monoisotopic (exact) mass is 462 g/mol. The van der Waals surface area contributed by atoms with Crippen LogP contribution in [0.2, 0.25) is 0 Å². The second kappa shape index (κ2) is 9.51. The van der Waals surface area contributed by atoms with Gasteiger partial charge in [0.05, 0.1) is 12.0 Å². The van der Waals surface area contributed by atoms with Gasteiger partial charge in [0.2, 0.25) is 10.0 Å². The topological polar surface area (TPSA) is 84.0 Å². The van der Waals surface area contributed by atoms with Crippen LogP contribution in [0.15, 0.2) is 29.2 Å². The minimum atomic E-state index is -3.71. The lowest BCUT2D eigenvalue weighted by atomic mass is 9.84. The molecule has 1 amide bonds. The van der Waals surface area contributed by atoms with Gasteiger partial charge in [0, 0.05) is 24.7 Å². The first-order valence-corrected chi connectivity index (χ1v) is 13.3. The van der Waals surface area contributed by atoms with Crippen molar-refractivity contribution in [1.82, 2.24) is 9.21 Å². The highest BCUT2D eigenvalue weighted by Crippen LogP contribution is 2.41. The number of amides is 1. The molecule has 3 unspecified atom stereocenters. The smallest absolute Gasteiger partial charge is 0.328 e. The Kier molecular flexibility index (Phi) is 6.91. The van der Waals surface area contributed by atoms with Crippen LogP contribution in [0.4, 0.5) is 0 Å². The highest BCUT2D eigenvalue weighted by atomic mass is 32.2. The van der Waals surface area contributed by atoms with Crippen molar-refractivity contribution in [2.75, 3.05) is 14.2 Å². The van der Waals surface area contributed by atoms with E-state index in [-0.39, 0.29) is 22.9 Å². The molecule has 0 radical (unpaired) electrons. The molecule has 3 fully saturated rings. The van der Waals surface area contributed by atoms with E-state index >= 15 is 0 Å². The zero-order chi connectivity index (χ0) is 22.9. The van der Waals surface area contributed by atoms with Crippen LogP contribution in [-0.2, 0) is 19.6 Å². The molecule has 0 spiro atoms. The summed E-state index contributed by atoms with van der Waals surface area (Å²) < 4.78 is 33.1. The van der Waals surface area contributed by atoms with E-state index in [4.69, 9.17) is 4.74 Å². The predicted molar refractivity (Wildman–Crippen MR) is 121 cm³/mol. The van der Waals surface area contributed by atoms with Crippen molar-refractivity contribution in [1.29, 1.82) is 0 Å². The maximum atomic E-state index is 13.6. The number of ether oxygens (including phenoxy) is 1. The summed E-state index contributed by atoms with van der Waals surface area (Å²) in [5.74, 6) is -0.387. The Morgan fingerprint density at radius 3 is 2.44 bits per heavy atom. The summed E-state index contributed by atoms with van der Waals surface area (Å²) in [6.07, 6.45) is 9.58. The van der Waals surface area contributed by atoms with E-state index in [1.807, 2.05) is 0 Å². The second-order valence-electron chi connectivity index (χ2n) is 9.44. The van der Waals surface area contributed by atoms with Crippen LogP contribution in [0.3, 0.4) is 0 Å². The molecule has 1 aliphatic heterocycles. The number of esters is 1. The number of nitrogens with zero attached hydrogens (tertiary/aromatic N) is 2. The van der Waals surface area contributed by atoms with E-state index in [1.54, 1.807) is 30.1 Å². The van der Waals surface area contributed by atoms with Crippen molar-refractivity contribution in [3.8, 4) is 0 Å². The summed E-state index contributed by atoms with van der Waals surface area (Å²) in [6, 6.07) is 5.69. The van der Waals surface area contributed by atoms with Gasteiger partial charge in [-0.2, -0.15) is 4.31 Å². The molecule has 3 atom stereocenters. The first kappa shape index (κ1) is 23.2. The number of benzene rings is 1. The molecule has 176 valence electrons. The molecule has 4 rings (SSSR count). The summed E-state index contributed by atoms with van der Waals surface area (Å²) in [6.45, 7) is 0. The van der Waals surface area contributed by atoms with Crippen molar-refractivity contribution < 1.29 is 22.7 Å². The van der Waals surface area contributed by atoms with Crippen LogP contribution in [-0.4, -0.2) is 61.8 Å². The van der Waals surface area contributed by atoms with Gasteiger partial charge in [-0.1, -0.05) is 38.2 Å². The summed E-state index contributed by atoms with van der Waals surface area (Å²) >= 11 is 0. The fraction of sp³-hybridized carbons (Fsp3) is 0.667. The average molecular weight is 463 g/mol. The van der Waals surface area contributed by atoms with Crippen LogP contribution in [0.25, 0.3) is 0 Å². The lowest BCUT2D eigenvalue weighted by molar-refractivity contribution is -0.145. The summed E-state index contributed by atoms with van der Waals surface area (Å²) in [4.78, 5) is 27.9. The fourth-order valence-electron chi connectivity index (χ4n) is 5.84. The molecule has 8 heteroatoms. The second-order valence-corrected chi connectivity index (χ2v) is 11.4. The van der Waals surface area contributed by atoms with Crippen molar-refractivity contribution in [3.63, 3.8) is 0 Å². The number of carbonyl (C=O) groups is 2. The van der Waals surface area contributed by atoms with E-state index in [0.29, 0.717) is 17.9 Å². The molecule has 32 heavy (non-hydrogen) atoms. The molecule has 0 bridgehead atoms. The predicted octanol–water partition coefficient (Wildman–Crippen LogP) is 3.59. The third-order valence-electron chi connectivity index (χ3n) is 7.64. The van der Waals surface area contributed by atoms with E-state index in [2.05, 4.69) is 0 Å². The molecular weight excluding hydrogens is 428 g/mol. The van der Waals surface area contributed by atoms with E-state index in [1.165, 1.54) is 17.5 Å². The number of sulfonamides is 1. The van der Waals surface area contributed by atoms with E-state index in [0.717, 1.165) is 57.8 Å². The minimum absolute atomic E-state index is 0.00149. The lowest BCUT2D eigenvalue weighted by Gasteiger charge is -2.33. The third-order valence-corrected chi connectivity index (χ3v) is 9.55. The highest BCUT2D eigenvalue weighted by molar-refractivity contribution is 7.89. The summed E-state index contributed by atoms with van der Waals surface area (Å²) in [5.41, 5.74) is 0.309.